The van der Waals surface area contributed by atoms with E-state index in [9.17, 15) is 13.2 Å². The number of carboxylic acids is 1. The summed E-state index contributed by atoms with van der Waals surface area (Å²) in [7, 11) is -3.58. The first-order valence-corrected chi connectivity index (χ1v) is 6.56. The van der Waals surface area contributed by atoms with E-state index in [1.54, 1.807) is 0 Å². The van der Waals surface area contributed by atoms with Crippen LogP contribution in [0.4, 0.5) is 0 Å². The zero-order valence-electron chi connectivity index (χ0n) is 8.47. The Hall–Kier alpha value is -0.620. The first-order chi connectivity index (χ1) is 6.96. The molecule has 2 atom stereocenters. The molecule has 0 aromatic heterocycles. The van der Waals surface area contributed by atoms with Crippen LogP contribution in [0.5, 0.6) is 0 Å². The Balaban J connectivity index is 2.31. The molecule has 0 amide bonds. The fourth-order valence-corrected chi connectivity index (χ4v) is 4.66. The fourth-order valence-electron chi connectivity index (χ4n) is 2.20. The minimum Gasteiger partial charge on any atom is -0.480 e. The second-order valence-electron chi connectivity index (χ2n) is 4.21. The van der Waals surface area contributed by atoms with Gasteiger partial charge in [-0.1, -0.05) is 13.3 Å². The van der Waals surface area contributed by atoms with Crippen molar-refractivity contribution in [1.29, 1.82) is 0 Å². The Morgan fingerprint density at radius 1 is 1.53 bits per heavy atom. The molecule has 15 heavy (non-hydrogen) atoms. The minimum absolute atomic E-state index is 0.147. The molecule has 2 fully saturated rings. The van der Waals surface area contributed by atoms with Crippen LogP contribution >= 0.6 is 0 Å². The molecular formula is C9H14O5S. The Morgan fingerprint density at radius 2 is 2.13 bits per heavy atom. The number of ether oxygens (including phenoxy) is 1. The summed E-state index contributed by atoms with van der Waals surface area (Å²) in [6.45, 7) is 2.11. The van der Waals surface area contributed by atoms with Gasteiger partial charge in [0, 0.05) is 0 Å². The molecule has 1 aliphatic heterocycles. The van der Waals surface area contributed by atoms with E-state index < -0.39 is 25.8 Å². The summed E-state index contributed by atoms with van der Waals surface area (Å²) < 4.78 is 27.4. The van der Waals surface area contributed by atoms with Crippen LogP contribution in [0.25, 0.3) is 0 Å². The molecule has 6 heteroatoms. The normalized spacial score (nSPS) is 35.9. The lowest BCUT2D eigenvalue weighted by Gasteiger charge is -2.29. The van der Waals surface area contributed by atoms with E-state index in [1.165, 1.54) is 0 Å². The topological polar surface area (TPSA) is 80.7 Å². The lowest BCUT2D eigenvalue weighted by atomic mass is 10.2. The lowest BCUT2D eigenvalue weighted by Crippen LogP contribution is -2.50. The maximum Gasteiger partial charge on any atom is 0.325 e. The smallest absolute Gasteiger partial charge is 0.325 e. The van der Waals surface area contributed by atoms with Crippen molar-refractivity contribution < 1.29 is 23.1 Å². The van der Waals surface area contributed by atoms with Crippen LogP contribution in [0.3, 0.4) is 0 Å². The molecule has 0 radical (unpaired) electrons. The number of aliphatic carboxylic acids is 1. The first-order valence-electron chi connectivity index (χ1n) is 5.01. The van der Waals surface area contributed by atoms with Gasteiger partial charge in [-0.15, -0.1) is 0 Å². The molecule has 2 unspecified atom stereocenters. The van der Waals surface area contributed by atoms with Crippen molar-refractivity contribution in [3.63, 3.8) is 0 Å². The largest absolute Gasteiger partial charge is 0.480 e. The average molecular weight is 234 g/mol. The van der Waals surface area contributed by atoms with Gasteiger partial charge in [0.15, 0.2) is 14.6 Å². The number of hydrogen-bond acceptors (Lipinski definition) is 4. The molecule has 5 nitrogen and oxygen atoms in total. The molecule has 1 saturated carbocycles. The summed E-state index contributed by atoms with van der Waals surface area (Å²) in [5.41, 5.74) is 0. The van der Waals surface area contributed by atoms with Crippen LogP contribution in [0.1, 0.15) is 19.8 Å². The monoisotopic (exact) mass is 234 g/mol. The third-order valence-electron chi connectivity index (χ3n) is 3.46. The molecule has 2 aliphatic rings. The van der Waals surface area contributed by atoms with Crippen molar-refractivity contribution in [3.05, 3.63) is 0 Å². The molecule has 0 aromatic carbocycles. The Labute approximate surface area is 88.3 Å². The summed E-state index contributed by atoms with van der Waals surface area (Å²) in [4.78, 5) is 11.1. The van der Waals surface area contributed by atoms with Crippen molar-refractivity contribution >= 4 is 15.8 Å². The van der Waals surface area contributed by atoms with Crippen LogP contribution in [0.2, 0.25) is 0 Å². The molecule has 2 rings (SSSR count). The molecule has 0 aromatic rings. The summed E-state index contributed by atoms with van der Waals surface area (Å²) >= 11 is 0. The maximum absolute atomic E-state index is 12.0. The Bertz CT molecular complexity index is 383. The second kappa shape index (κ2) is 3.18. The highest BCUT2D eigenvalue weighted by molar-refractivity contribution is 7.94. The van der Waals surface area contributed by atoms with Crippen molar-refractivity contribution in [2.75, 3.05) is 13.2 Å². The van der Waals surface area contributed by atoms with E-state index in [4.69, 9.17) is 9.84 Å². The number of sulfone groups is 1. The summed E-state index contributed by atoms with van der Waals surface area (Å²) in [6.07, 6.45) is 0.858. The number of hydrogen-bond donors (Lipinski definition) is 1. The van der Waals surface area contributed by atoms with Gasteiger partial charge in [-0.3, -0.25) is 4.79 Å². The molecule has 1 heterocycles. The van der Waals surface area contributed by atoms with E-state index >= 15 is 0 Å². The van der Waals surface area contributed by atoms with Crippen molar-refractivity contribution in [2.24, 2.45) is 5.92 Å². The highest BCUT2D eigenvalue weighted by atomic mass is 32.2. The maximum atomic E-state index is 12.0. The third kappa shape index (κ3) is 1.24. The third-order valence-corrected chi connectivity index (χ3v) is 6.30. The number of rotatable bonds is 4. The van der Waals surface area contributed by atoms with E-state index in [0.717, 1.165) is 0 Å². The van der Waals surface area contributed by atoms with Crippen LogP contribution < -0.4 is 0 Å². The van der Waals surface area contributed by atoms with Gasteiger partial charge in [0.1, 0.15) is 5.25 Å². The predicted octanol–water partition coefficient (Wildman–Crippen LogP) is 0.0533. The second-order valence-corrected chi connectivity index (χ2v) is 6.69. The van der Waals surface area contributed by atoms with Gasteiger partial charge in [0.2, 0.25) is 0 Å². The summed E-state index contributed by atoms with van der Waals surface area (Å²) in [6, 6.07) is 0. The van der Waals surface area contributed by atoms with Crippen molar-refractivity contribution in [3.8, 4) is 0 Å². The summed E-state index contributed by atoms with van der Waals surface area (Å²) in [5, 5.41) is 8.48. The van der Waals surface area contributed by atoms with Gasteiger partial charge in [0.25, 0.3) is 0 Å². The minimum atomic E-state index is -3.58. The van der Waals surface area contributed by atoms with Gasteiger partial charge >= 0.3 is 5.97 Å². The van der Waals surface area contributed by atoms with E-state index in [1.807, 2.05) is 6.92 Å². The quantitative estimate of drug-likeness (QED) is 0.743. The summed E-state index contributed by atoms with van der Waals surface area (Å²) in [5.74, 6) is -1.41. The van der Waals surface area contributed by atoms with Crippen LogP contribution in [-0.4, -0.2) is 42.7 Å². The molecule has 86 valence electrons. The molecule has 1 aliphatic carbocycles. The van der Waals surface area contributed by atoms with E-state index in [-0.39, 0.29) is 25.6 Å². The number of carboxylic acid groups (broad SMARTS) is 1. The highest BCUT2D eigenvalue weighted by Crippen LogP contribution is 2.54. The zero-order chi connectivity index (χ0) is 11.3. The Morgan fingerprint density at radius 3 is 2.40 bits per heavy atom. The van der Waals surface area contributed by atoms with Gasteiger partial charge < -0.3 is 9.84 Å². The van der Waals surface area contributed by atoms with Gasteiger partial charge in [0.05, 0.1) is 13.2 Å². The average Bonchev–Trinajstić information content (AvgIpc) is 2.74. The van der Waals surface area contributed by atoms with Crippen LogP contribution in [-0.2, 0) is 19.4 Å². The first kappa shape index (κ1) is 10.9. The van der Waals surface area contributed by atoms with Gasteiger partial charge in [-0.05, 0) is 12.3 Å². The molecule has 1 saturated heterocycles. The molecule has 0 bridgehead atoms. The lowest BCUT2D eigenvalue weighted by molar-refractivity contribution is -0.137. The molecular weight excluding hydrogens is 220 g/mol. The van der Waals surface area contributed by atoms with Crippen LogP contribution in [0, 0.1) is 5.92 Å². The van der Waals surface area contributed by atoms with E-state index in [0.29, 0.717) is 6.42 Å². The van der Waals surface area contributed by atoms with Crippen molar-refractivity contribution in [1.82, 2.24) is 0 Å². The van der Waals surface area contributed by atoms with Crippen molar-refractivity contribution in [2.45, 2.75) is 29.8 Å². The Kier molecular flexibility index (Phi) is 2.31. The molecule has 1 N–H and O–H groups in total. The number of carbonyl (C=O) groups is 1. The molecule has 0 spiro atoms. The zero-order valence-corrected chi connectivity index (χ0v) is 9.29. The predicted molar refractivity (Wildman–Crippen MR) is 52.3 cm³/mol. The fraction of sp³-hybridized carbons (Fsp3) is 0.889. The standard InChI is InChI=1S/C9H14O5S/c1-2-6-3-9(6,8(10)11)15(12,13)7-4-14-5-7/h6-7H,2-5H2,1H3,(H,10,11). The SMILES string of the molecule is CCC1CC1(C(=O)O)S(=O)(=O)C1COC1. The highest BCUT2D eigenvalue weighted by Gasteiger charge is 2.70. The van der Waals surface area contributed by atoms with Gasteiger partial charge in [-0.25, -0.2) is 8.42 Å². The van der Waals surface area contributed by atoms with Gasteiger partial charge in [-0.2, -0.15) is 0 Å². The van der Waals surface area contributed by atoms with E-state index in [2.05, 4.69) is 0 Å². The van der Waals surface area contributed by atoms with Crippen LogP contribution in [0.15, 0.2) is 0 Å².